The van der Waals surface area contributed by atoms with E-state index in [4.69, 9.17) is 5.73 Å². The number of amides is 2. The van der Waals surface area contributed by atoms with Gasteiger partial charge in [-0.3, -0.25) is 9.59 Å². The summed E-state index contributed by atoms with van der Waals surface area (Å²) < 4.78 is 0. The Hall–Kier alpha value is -0.810. The van der Waals surface area contributed by atoms with Crippen LogP contribution in [-0.2, 0) is 9.59 Å². The summed E-state index contributed by atoms with van der Waals surface area (Å²) in [5, 5.41) is 2.97. The van der Waals surface area contributed by atoms with Crippen molar-refractivity contribution < 1.29 is 9.59 Å². The zero-order chi connectivity index (χ0) is 15.1. The van der Waals surface area contributed by atoms with E-state index in [2.05, 4.69) is 12.2 Å². The molecular formula is C15H30ClN3O2. The van der Waals surface area contributed by atoms with Crippen LogP contribution in [0.5, 0.6) is 0 Å². The Labute approximate surface area is 134 Å². The second-order valence-electron chi connectivity index (χ2n) is 6.01. The number of unbranched alkanes of at least 4 members (excludes halogenated alkanes) is 1. The average molecular weight is 320 g/mol. The molecule has 1 heterocycles. The van der Waals surface area contributed by atoms with Crippen LogP contribution < -0.4 is 11.1 Å². The fraction of sp³-hybridized carbons (Fsp3) is 0.867. The number of nitrogens with one attached hydrogen (secondary N) is 1. The highest BCUT2D eigenvalue weighted by Crippen LogP contribution is 2.18. The number of carbonyl (C=O) groups excluding carboxylic acids is 2. The van der Waals surface area contributed by atoms with Crippen molar-refractivity contribution in [2.75, 3.05) is 19.6 Å². The molecule has 21 heavy (non-hydrogen) atoms. The largest absolute Gasteiger partial charge is 0.356 e. The molecule has 3 N–H and O–H groups in total. The lowest BCUT2D eigenvalue weighted by Gasteiger charge is -2.33. The number of piperidine rings is 1. The Bertz CT molecular complexity index is 329. The van der Waals surface area contributed by atoms with Crippen LogP contribution in [0.3, 0.4) is 0 Å². The molecule has 124 valence electrons. The van der Waals surface area contributed by atoms with Crippen molar-refractivity contribution in [1.82, 2.24) is 10.2 Å². The third-order valence-electron chi connectivity index (χ3n) is 4.01. The average Bonchev–Trinajstić information content (AvgIpc) is 2.46. The number of nitrogens with zero attached hydrogens (tertiary/aromatic N) is 1. The smallest absolute Gasteiger partial charge is 0.239 e. The first-order valence-corrected chi connectivity index (χ1v) is 7.79. The molecule has 5 nitrogen and oxygen atoms in total. The number of hydrogen-bond donors (Lipinski definition) is 2. The molecular weight excluding hydrogens is 290 g/mol. The van der Waals surface area contributed by atoms with Crippen LogP contribution in [-0.4, -0.2) is 42.4 Å². The van der Waals surface area contributed by atoms with Gasteiger partial charge in [0.15, 0.2) is 0 Å². The van der Waals surface area contributed by atoms with Crippen molar-refractivity contribution in [2.24, 2.45) is 17.6 Å². The molecule has 2 amide bonds. The van der Waals surface area contributed by atoms with Crippen LogP contribution in [0.2, 0.25) is 0 Å². The van der Waals surface area contributed by atoms with Crippen molar-refractivity contribution in [2.45, 2.75) is 52.5 Å². The van der Waals surface area contributed by atoms with E-state index in [1.165, 1.54) is 0 Å². The summed E-state index contributed by atoms with van der Waals surface area (Å²) in [7, 11) is 0. The van der Waals surface area contributed by atoms with Crippen molar-refractivity contribution >= 4 is 24.2 Å². The summed E-state index contributed by atoms with van der Waals surface area (Å²) in [6, 6.07) is -0.426. The molecule has 1 saturated heterocycles. The van der Waals surface area contributed by atoms with Crippen LogP contribution in [0.4, 0.5) is 0 Å². The molecule has 0 saturated carbocycles. The highest BCUT2D eigenvalue weighted by atomic mass is 35.5. The summed E-state index contributed by atoms with van der Waals surface area (Å²) in [6.45, 7) is 8.06. The molecule has 0 aromatic heterocycles. The lowest BCUT2D eigenvalue weighted by Crippen LogP contribution is -2.50. The molecule has 0 spiro atoms. The third kappa shape index (κ3) is 6.22. The summed E-state index contributed by atoms with van der Waals surface area (Å²) in [5.41, 5.74) is 5.90. The van der Waals surface area contributed by atoms with Gasteiger partial charge in [0.1, 0.15) is 0 Å². The fourth-order valence-corrected chi connectivity index (χ4v) is 2.39. The van der Waals surface area contributed by atoms with E-state index >= 15 is 0 Å². The third-order valence-corrected chi connectivity index (χ3v) is 4.01. The quantitative estimate of drug-likeness (QED) is 0.729. The van der Waals surface area contributed by atoms with Crippen LogP contribution >= 0.6 is 12.4 Å². The minimum absolute atomic E-state index is 0. The van der Waals surface area contributed by atoms with Gasteiger partial charge in [0.25, 0.3) is 0 Å². The number of carbonyl (C=O) groups is 2. The maximum Gasteiger partial charge on any atom is 0.239 e. The van der Waals surface area contributed by atoms with E-state index in [0.29, 0.717) is 13.1 Å². The molecule has 0 bridgehead atoms. The molecule has 1 aliphatic heterocycles. The lowest BCUT2D eigenvalue weighted by atomic mass is 9.94. The van der Waals surface area contributed by atoms with E-state index in [1.54, 1.807) is 4.90 Å². The second-order valence-corrected chi connectivity index (χ2v) is 6.01. The molecule has 0 unspecified atom stereocenters. The lowest BCUT2D eigenvalue weighted by molar-refractivity contribution is -0.137. The predicted octanol–water partition coefficient (Wildman–Crippen LogP) is 1.55. The Morgan fingerprint density at radius 1 is 1.29 bits per heavy atom. The first-order chi connectivity index (χ1) is 9.47. The van der Waals surface area contributed by atoms with Gasteiger partial charge in [-0.25, -0.2) is 0 Å². The molecule has 1 fully saturated rings. The Morgan fingerprint density at radius 2 is 1.86 bits per heavy atom. The molecule has 1 aliphatic rings. The highest BCUT2D eigenvalue weighted by Gasteiger charge is 2.30. The van der Waals surface area contributed by atoms with Gasteiger partial charge in [-0.1, -0.05) is 27.2 Å². The van der Waals surface area contributed by atoms with Crippen molar-refractivity contribution in [3.8, 4) is 0 Å². The van der Waals surface area contributed by atoms with E-state index < -0.39 is 6.04 Å². The maximum atomic E-state index is 12.1. The Morgan fingerprint density at radius 3 is 2.33 bits per heavy atom. The van der Waals surface area contributed by atoms with E-state index in [1.807, 2.05) is 13.8 Å². The summed E-state index contributed by atoms with van der Waals surface area (Å²) >= 11 is 0. The molecule has 0 aliphatic carbocycles. The fourth-order valence-electron chi connectivity index (χ4n) is 2.39. The van der Waals surface area contributed by atoms with Gasteiger partial charge in [-0.05, 0) is 25.2 Å². The van der Waals surface area contributed by atoms with Crippen molar-refractivity contribution in [3.63, 3.8) is 0 Å². The summed E-state index contributed by atoms with van der Waals surface area (Å²) in [4.78, 5) is 25.9. The van der Waals surface area contributed by atoms with Gasteiger partial charge >= 0.3 is 0 Å². The monoisotopic (exact) mass is 319 g/mol. The minimum Gasteiger partial charge on any atom is -0.356 e. The topological polar surface area (TPSA) is 75.4 Å². The van der Waals surface area contributed by atoms with E-state index in [0.717, 1.165) is 32.2 Å². The van der Waals surface area contributed by atoms with Gasteiger partial charge in [-0.2, -0.15) is 0 Å². The van der Waals surface area contributed by atoms with Crippen LogP contribution in [0.1, 0.15) is 46.5 Å². The van der Waals surface area contributed by atoms with Gasteiger partial charge < -0.3 is 16.0 Å². The number of likely N-dealkylation sites (tertiary alicyclic amines) is 1. The molecule has 6 heteroatoms. The van der Waals surface area contributed by atoms with Crippen LogP contribution in [0, 0.1) is 11.8 Å². The van der Waals surface area contributed by atoms with Crippen LogP contribution in [0.25, 0.3) is 0 Å². The van der Waals surface area contributed by atoms with E-state index in [9.17, 15) is 9.59 Å². The number of hydrogen-bond acceptors (Lipinski definition) is 3. The first kappa shape index (κ1) is 20.2. The Kier molecular flexibility index (Phi) is 9.62. The highest BCUT2D eigenvalue weighted by molar-refractivity contribution is 5.85. The molecule has 0 aromatic rings. The van der Waals surface area contributed by atoms with Gasteiger partial charge in [0.05, 0.1) is 6.04 Å². The Balaban J connectivity index is 0.00000400. The van der Waals surface area contributed by atoms with Crippen molar-refractivity contribution in [3.05, 3.63) is 0 Å². The van der Waals surface area contributed by atoms with Crippen LogP contribution in [0.15, 0.2) is 0 Å². The molecule has 0 radical (unpaired) electrons. The van der Waals surface area contributed by atoms with Gasteiger partial charge in [-0.15, -0.1) is 12.4 Å². The van der Waals surface area contributed by atoms with Gasteiger partial charge in [0, 0.05) is 25.6 Å². The number of rotatable bonds is 6. The molecule has 1 rings (SSSR count). The first-order valence-electron chi connectivity index (χ1n) is 7.79. The van der Waals surface area contributed by atoms with Gasteiger partial charge in [0.2, 0.25) is 11.8 Å². The van der Waals surface area contributed by atoms with Crippen molar-refractivity contribution in [1.29, 1.82) is 0 Å². The standard InChI is InChI=1S/C15H29N3O2.ClH/c1-4-5-8-17-14(19)12-6-9-18(10-7-12)15(20)13(16)11(2)3;/h11-13H,4-10,16H2,1-3H3,(H,17,19);1H/t13-;/m0./s1. The SMILES string of the molecule is CCCCNC(=O)C1CCN(C(=O)[C@@H](N)C(C)C)CC1.Cl. The van der Waals surface area contributed by atoms with E-state index in [-0.39, 0.29) is 36.1 Å². The number of halogens is 1. The maximum absolute atomic E-state index is 12.1. The summed E-state index contributed by atoms with van der Waals surface area (Å²) in [5.74, 6) is 0.354. The minimum atomic E-state index is -0.426. The molecule has 1 atom stereocenters. The number of nitrogens with two attached hydrogens (primary N) is 1. The zero-order valence-corrected chi connectivity index (χ0v) is 14.2. The normalized spacial score (nSPS) is 17.3. The zero-order valence-electron chi connectivity index (χ0n) is 13.4. The predicted molar refractivity (Wildman–Crippen MR) is 87.3 cm³/mol. The summed E-state index contributed by atoms with van der Waals surface area (Å²) in [6.07, 6.45) is 3.59. The molecule has 0 aromatic carbocycles. The second kappa shape index (κ2) is 10.0.